The van der Waals surface area contributed by atoms with Crippen LogP contribution in [0.25, 0.3) is 22.2 Å². The normalized spacial score (nSPS) is 12.0. The Labute approximate surface area is 253 Å². The standard InChI is InChI=1S/C34H32F3N5O2/c1-20-21(2)40-27-10-7-15-38-31(27)30(20)32(44)42(19-29-39-17-28(41-29)34(35,36)37)18-23-11-13-24(14-12-23)25-8-6-9-26(16-25)33(4,5)22(3)43/h6-17,43H,3,18-19H2,1-2,4-5H3,(H,39,41). The fraction of sp³-hybridized carbons (Fsp3) is 0.235. The number of allylic oxidation sites excluding steroid dienone is 1. The number of hydrogen-bond donors (Lipinski definition) is 2. The highest BCUT2D eigenvalue weighted by Crippen LogP contribution is 2.33. The lowest BCUT2D eigenvalue weighted by atomic mass is 9.82. The van der Waals surface area contributed by atoms with Gasteiger partial charge < -0.3 is 15.0 Å². The Hall–Kier alpha value is -4.99. The Morgan fingerprint density at radius 2 is 1.70 bits per heavy atom. The number of pyridine rings is 2. The van der Waals surface area contributed by atoms with Crippen LogP contribution in [0, 0.1) is 13.8 Å². The van der Waals surface area contributed by atoms with Crippen LogP contribution < -0.4 is 0 Å². The molecule has 0 fully saturated rings. The number of carbonyl (C=O) groups is 1. The number of alkyl halides is 3. The van der Waals surface area contributed by atoms with E-state index in [0.29, 0.717) is 27.9 Å². The highest BCUT2D eigenvalue weighted by molar-refractivity contribution is 6.06. The summed E-state index contributed by atoms with van der Waals surface area (Å²) in [7, 11) is 0. The van der Waals surface area contributed by atoms with Crippen molar-refractivity contribution in [2.24, 2.45) is 0 Å². The third-order valence-electron chi connectivity index (χ3n) is 7.96. The maximum atomic E-state index is 14.2. The number of H-pyrrole nitrogens is 1. The van der Waals surface area contributed by atoms with Crippen LogP contribution in [0.1, 0.15) is 58.1 Å². The van der Waals surface area contributed by atoms with Gasteiger partial charge in [-0.05, 0) is 67.6 Å². The molecule has 5 aromatic rings. The first-order valence-corrected chi connectivity index (χ1v) is 14.0. The number of nitrogens with zero attached hydrogens (tertiary/aromatic N) is 4. The molecule has 0 saturated heterocycles. The van der Waals surface area contributed by atoms with Crippen molar-refractivity contribution in [2.75, 3.05) is 0 Å². The molecule has 0 bridgehead atoms. The second-order valence-corrected chi connectivity index (χ2v) is 11.3. The SMILES string of the molecule is C=C(O)C(C)(C)c1cccc(-c2ccc(CN(Cc3nc(C(F)(F)F)c[nH]3)C(=O)c3c(C)c(C)nc4cccnc34)cc2)c1. The van der Waals surface area contributed by atoms with Crippen molar-refractivity contribution >= 4 is 16.9 Å². The molecular formula is C34H32F3N5O2. The van der Waals surface area contributed by atoms with E-state index in [1.807, 2.05) is 62.4 Å². The minimum absolute atomic E-state index is 0.00731. The summed E-state index contributed by atoms with van der Waals surface area (Å²) in [6.45, 7) is 11.0. The minimum atomic E-state index is -4.62. The van der Waals surface area contributed by atoms with Crippen molar-refractivity contribution in [2.45, 2.75) is 52.4 Å². The number of aryl methyl sites for hydroxylation is 1. The van der Waals surface area contributed by atoms with Crippen molar-refractivity contribution in [1.29, 1.82) is 0 Å². The van der Waals surface area contributed by atoms with E-state index in [-0.39, 0.29) is 24.7 Å². The number of aliphatic hydroxyl groups excluding tert-OH is 1. The van der Waals surface area contributed by atoms with Crippen LogP contribution in [-0.4, -0.2) is 35.8 Å². The highest BCUT2D eigenvalue weighted by Gasteiger charge is 2.34. The van der Waals surface area contributed by atoms with Gasteiger partial charge in [-0.15, -0.1) is 0 Å². The van der Waals surface area contributed by atoms with Crippen LogP contribution in [0.3, 0.4) is 0 Å². The van der Waals surface area contributed by atoms with Gasteiger partial charge in [0.15, 0.2) is 5.69 Å². The van der Waals surface area contributed by atoms with Gasteiger partial charge in [-0.2, -0.15) is 13.2 Å². The first kappa shape index (κ1) is 30.5. The molecule has 2 aromatic carbocycles. The van der Waals surface area contributed by atoms with Gasteiger partial charge in [-0.25, -0.2) is 4.98 Å². The molecular weight excluding hydrogens is 567 g/mol. The predicted molar refractivity (Wildman–Crippen MR) is 163 cm³/mol. The number of benzene rings is 2. The summed E-state index contributed by atoms with van der Waals surface area (Å²) in [6.07, 6.45) is -2.24. The minimum Gasteiger partial charge on any atom is -0.512 e. The van der Waals surface area contributed by atoms with E-state index < -0.39 is 23.2 Å². The van der Waals surface area contributed by atoms with Crippen molar-refractivity contribution < 1.29 is 23.1 Å². The molecule has 0 radical (unpaired) electrons. The van der Waals surface area contributed by atoms with Crippen LogP contribution in [0.5, 0.6) is 0 Å². The maximum Gasteiger partial charge on any atom is 0.434 e. The Kier molecular flexibility index (Phi) is 8.03. The van der Waals surface area contributed by atoms with Crippen molar-refractivity contribution in [1.82, 2.24) is 24.8 Å². The monoisotopic (exact) mass is 599 g/mol. The Morgan fingerprint density at radius 3 is 2.36 bits per heavy atom. The molecule has 0 aliphatic heterocycles. The van der Waals surface area contributed by atoms with Gasteiger partial charge in [-0.1, -0.05) is 55.1 Å². The molecule has 0 aliphatic carbocycles. The molecule has 226 valence electrons. The average Bonchev–Trinajstić information content (AvgIpc) is 3.47. The van der Waals surface area contributed by atoms with Crippen molar-refractivity contribution in [3.8, 4) is 11.1 Å². The van der Waals surface area contributed by atoms with Crippen LogP contribution >= 0.6 is 0 Å². The smallest absolute Gasteiger partial charge is 0.434 e. The molecule has 3 heterocycles. The number of rotatable bonds is 8. The Bertz CT molecular complexity index is 1860. The lowest BCUT2D eigenvalue weighted by molar-refractivity contribution is -0.141. The maximum absolute atomic E-state index is 14.2. The van der Waals surface area contributed by atoms with E-state index in [1.54, 1.807) is 32.2 Å². The fourth-order valence-corrected chi connectivity index (χ4v) is 4.97. The largest absolute Gasteiger partial charge is 0.512 e. The van der Waals surface area contributed by atoms with Gasteiger partial charge >= 0.3 is 6.18 Å². The molecule has 0 spiro atoms. The molecule has 0 unspecified atom stereocenters. The second kappa shape index (κ2) is 11.6. The van der Waals surface area contributed by atoms with Crippen molar-refractivity contribution in [3.05, 3.63) is 125 Å². The number of imidazole rings is 1. The molecule has 44 heavy (non-hydrogen) atoms. The van der Waals surface area contributed by atoms with Crippen LogP contribution in [0.15, 0.2) is 85.4 Å². The van der Waals surface area contributed by atoms with E-state index >= 15 is 0 Å². The summed E-state index contributed by atoms with van der Waals surface area (Å²) in [5.74, 6) is -0.325. The van der Waals surface area contributed by atoms with Crippen LogP contribution in [0.2, 0.25) is 0 Å². The second-order valence-electron chi connectivity index (χ2n) is 11.3. The van der Waals surface area contributed by atoms with E-state index in [1.165, 1.54) is 4.90 Å². The lowest BCUT2D eigenvalue weighted by Gasteiger charge is -2.25. The van der Waals surface area contributed by atoms with Gasteiger partial charge in [0, 0.05) is 30.0 Å². The van der Waals surface area contributed by atoms with E-state index in [4.69, 9.17) is 0 Å². The summed E-state index contributed by atoms with van der Waals surface area (Å²) in [6, 6.07) is 18.9. The number of fused-ring (bicyclic) bond motifs is 1. The molecule has 0 aliphatic rings. The van der Waals surface area contributed by atoms with Crippen molar-refractivity contribution in [3.63, 3.8) is 0 Å². The number of halogens is 3. The van der Waals surface area contributed by atoms with Gasteiger partial charge in [0.25, 0.3) is 5.91 Å². The fourth-order valence-electron chi connectivity index (χ4n) is 4.97. The zero-order valence-electron chi connectivity index (χ0n) is 24.8. The first-order chi connectivity index (χ1) is 20.8. The summed E-state index contributed by atoms with van der Waals surface area (Å²) in [5.41, 5.74) is 4.47. The Morgan fingerprint density at radius 1 is 0.977 bits per heavy atom. The number of nitrogens with one attached hydrogen (secondary N) is 1. The number of amides is 1. The van der Waals surface area contributed by atoms with E-state index in [2.05, 4.69) is 26.5 Å². The average molecular weight is 600 g/mol. The number of hydrogen-bond acceptors (Lipinski definition) is 5. The van der Waals surface area contributed by atoms with Crippen LogP contribution in [0.4, 0.5) is 13.2 Å². The number of carbonyl (C=O) groups excluding carboxylic acids is 1. The van der Waals surface area contributed by atoms with Gasteiger partial charge in [-0.3, -0.25) is 14.8 Å². The molecule has 1 amide bonds. The van der Waals surface area contributed by atoms with Crippen LogP contribution in [-0.2, 0) is 24.7 Å². The molecule has 0 atom stereocenters. The Balaban J connectivity index is 1.50. The zero-order chi connectivity index (χ0) is 31.8. The summed E-state index contributed by atoms with van der Waals surface area (Å²) >= 11 is 0. The third kappa shape index (κ3) is 6.06. The zero-order valence-corrected chi connectivity index (χ0v) is 24.8. The lowest BCUT2D eigenvalue weighted by Crippen LogP contribution is -2.31. The predicted octanol–water partition coefficient (Wildman–Crippen LogP) is 7.85. The molecule has 3 aromatic heterocycles. The molecule has 0 saturated carbocycles. The summed E-state index contributed by atoms with van der Waals surface area (Å²) in [4.78, 5) is 30.9. The summed E-state index contributed by atoms with van der Waals surface area (Å²) < 4.78 is 39.9. The van der Waals surface area contributed by atoms with E-state index in [9.17, 15) is 23.1 Å². The quantitative estimate of drug-likeness (QED) is 0.177. The number of aromatic amines is 1. The van der Waals surface area contributed by atoms with Gasteiger partial charge in [0.05, 0.1) is 23.4 Å². The first-order valence-electron chi connectivity index (χ1n) is 14.0. The highest BCUT2D eigenvalue weighted by atomic mass is 19.4. The topological polar surface area (TPSA) is 95.0 Å². The van der Waals surface area contributed by atoms with Gasteiger partial charge in [0.1, 0.15) is 11.3 Å². The summed E-state index contributed by atoms with van der Waals surface area (Å²) in [5, 5.41) is 10.1. The van der Waals surface area contributed by atoms with E-state index in [0.717, 1.165) is 28.5 Å². The number of aliphatic hydroxyl groups is 1. The molecule has 10 heteroatoms. The molecule has 7 nitrogen and oxygen atoms in total. The van der Waals surface area contributed by atoms with Gasteiger partial charge in [0.2, 0.25) is 0 Å². The molecule has 2 N–H and O–H groups in total. The third-order valence-corrected chi connectivity index (χ3v) is 7.96. The number of aromatic nitrogens is 4. The molecule has 5 rings (SSSR count).